The molecule has 0 heterocycles. The zero-order chi connectivity index (χ0) is 12.5. The molecular weight excluding hydrogens is 208 g/mol. The highest BCUT2D eigenvalue weighted by Crippen LogP contribution is 2.46. The van der Waals surface area contributed by atoms with Gasteiger partial charge in [0.1, 0.15) is 0 Å². The Bertz CT molecular complexity index is 357. The third kappa shape index (κ3) is 2.40. The van der Waals surface area contributed by atoms with Crippen molar-refractivity contribution in [1.29, 1.82) is 0 Å². The predicted molar refractivity (Wildman–Crippen MR) is 71.7 cm³/mol. The Balaban J connectivity index is 2.36. The van der Waals surface area contributed by atoms with Gasteiger partial charge in [0, 0.05) is 0 Å². The van der Waals surface area contributed by atoms with Crippen molar-refractivity contribution in [2.24, 2.45) is 17.8 Å². The molecule has 1 heteroatoms. The lowest BCUT2D eigenvalue weighted by Gasteiger charge is -2.45. The second-order valence-electron chi connectivity index (χ2n) is 6.03. The Hall–Kier alpha value is -0.820. The highest BCUT2D eigenvalue weighted by atomic mass is 16.3. The van der Waals surface area contributed by atoms with E-state index in [0.29, 0.717) is 17.8 Å². The van der Waals surface area contributed by atoms with Crippen molar-refractivity contribution in [1.82, 2.24) is 0 Å². The number of hydrogen-bond acceptors (Lipinski definition) is 1. The van der Waals surface area contributed by atoms with Crippen LogP contribution in [0.2, 0.25) is 0 Å². The lowest BCUT2D eigenvalue weighted by molar-refractivity contribution is -0.0865. The van der Waals surface area contributed by atoms with Gasteiger partial charge in [-0.25, -0.2) is 0 Å². The summed E-state index contributed by atoms with van der Waals surface area (Å²) < 4.78 is 0. The summed E-state index contributed by atoms with van der Waals surface area (Å²) in [5, 5.41) is 11.1. The second-order valence-corrected chi connectivity index (χ2v) is 6.03. The molecule has 17 heavy (non-hydrogen) atoms. The molecule has 2 rings (SSSR count). The van der Waals surface area contributed by atoms with E-state index in [1.165, 1.54) is 6.42 Å². The van der Waals surface area contributed by atoms with E-state index in [9.17, 15) is 5.11 Å². The van der Waals surface area contributed by atoms with Gasteiger partial charge in [0.15, 0.2) is 0 Å². The van der Waals surface area contributed by atoms with Crippen LogP contribution >= 0.6 is 0 Å². The third-order valence-corrected chi connectivity index (χ3v) is 4.32. The van der Waals surface area contributed by atoms with Gasteiger partial charge in [-0.05, 0) is 36.2 Å². The second kappa shape index (κ2) is 4.81. The first-order chi connectivity index (χ1) is 8.04. The topological polar surface area (TPSA) is 20.2 Å². The monoisotopic (exact) mass is 232 g/mol. The standard InChI is InChI=1S/C16H24O/c1-12(2)15-10-9-13(3)11-16(15,17)14-7-5-4-6-8-14/h4-8,12-13,15,17H,9-11H2,1-3H3. The molecule has 0 spiro atoms. The molecule has 3 unspecified atom stereocenters. The molecule has 0 aromatic heterocycles. The summed E-state index contributed by atoms with van der Waals surface area (Å²) >= 11 is 0. The van der Waals surface area contributed by atoms with Crippen LogP contribution < -0.4 is 0 Å². The Morgan fingerprint density at radius 1 is 1.18 bits per heavy atom. The summed E-state index contributed by atoms with van der Waals surface area (Å²) in [6.45, 7) is 6.72. The predicted octanol–water partition coefficient (Wildman–Crippen LogP) is 3.97. The average molecular weight is 232 g/mol. The number of benzene rings is 1. The summed E-state index contributed by atoms with van der Waals surface area (Å²) in [4.78, 5) is 0. The first-order valence-electron chi connectivity index (χ1n) is 6.82. The number of aliphatic hydroxyl groups is 1. The van der Waals surface area contributed by atoms with Gasteiger partial charge in [0.2, 0.25) is 0 Å². The van der Waals surface area contributed by atoms with Crippen molar-refractivity contribution in [3.8, 4) is 0 Å². The fourth-order valence-electron chi connectivity index (χ4n) is 3.43. The molecule has 1 N–H and O–H groups in total. The van der Waals surface area contributed by atoms with Gasteiger partial charge in [-0.15, -0.1) is 0 Å². The average Bonchev–Trinajstić information content (AvgIpc) is 2.29. The smallest absolute Gasteiger partial charge is 0.0929 e. The molecule has 3 atom stereocenters. The highest BCUT2D eigenvalue weighted by Gasteiger charge is 2.43. The molecule has 1 nitrogen and oxygen atoms in total. The molecule has 1 aromatic rings. The molecule has 1 saturated carbocycles. The minimum Gasteiger partial charge on any atom is -0.385 e. The summed E-state index contributed by atoms with van der Waals surface area (Å²) in [7, 11) is 0. The van der Waals surface area contributed by atoms with Crippen molar-refractivity contribution in [2.75, 3.05) is 0 Å². The summed E-state index contributed by atoms with van der Waals surface area (Å²) in [6, 6.07) is 10.2. The SMILES string of the molecule is CC1CCC(C(C)C)C(O)(c2ccccc2)C1. The van der Waals surface area contributed by atoms with E-state index >= 15 is 0 Å². The van der Waals surface area contributed by atoms with Gasteiger partial charge in [0.25, 0.3) is 0 Å². The van der Waals surface area contributed by atoms with Crippen molar-refractivity contribution in [3.63, 3.8) is 0 Å². The number of rotatable bonds is 2. The largest absolute Gasteiger partial charge is 0.385 e. The Morgan fingerprint density at radius 3 is 2.41 bits per heavy atom. The van der Waals surface area contributed by atoms with E-state index in [-0.39, 0.29) is 0 Å². The van der Waals surface area contributed by atoms with Crippen molar-refractivity contribution in [2.45, 2.75) is 45.6 Å². The molecule has 1 aliphatic rings. The van der Waals surface area contributed by atoms with E-state index in [1.54, 1.807) is 0 Å². The molecule has 1 aromatic carbocycles. The molecule has 0 radical (unpaired) electrons. The van der Waals surface area contributed by atoms with Crippen LogP contribution in [0.25, 0.3) is 0 Å². The van der Waals surface area contributed by atoms with Crippen LogP contribution in [0.5, 0.6) is 0 Å². The first-order valence-corrected chi connectivity index (χ1v) is 6.82. The van der Waals surface area contributed by atoms with Gasteiger partial charge in [-0.3, -0.25) is 0 Å². The van der Waals surface area contributed by atoms with E-state index in [2.05, 4.69) is 32.9 Å². The van der Waals surface area contributed by atoms with E-state index < -0.39 is 5.60 Å². The van der Waals surface area contributed by atoms with Gasteiger partial charge in [-0.1, -0.05) is 57.5 Å². The fraction of sp³-hybridized carbons (Fsp3) is 0.625. The Labute approximate surface area is 105 Å². The molecule has 1 fully saturated rings. The Kier molecular flexibility index (Phi) is 3.58. The molecule has 1 aliphatic carbocycles. The Morgan fingerprint density at radius 2 is 1.82 bits per heavy atom. The quantitative estimate of drug-likeness (QED) is 0.818. The van der Waals surface area contributed by atoms with E-state index in [0.717, 1.165) is 18.4 Å². The summed E-state index contributed by atoms with van der Waals surface area (Å²) in [5.74, 6) is 1.55. The first kappa shape index (κ1) is 12.6. The van der Waals surface area contributed by atoms with E-state index in [1.807, 2.05) is 18.2 Å². The fourth-order valence-corrected chi connectivity index (χ4v) is 3.43. The molecule has 0 aliphatic heterocycles. The lowest BCUT2D eigenvalue weighted by atomic mass is 9.64. The molecule has 0 amide bonds. The van der Waals surface area contributed by atoms with Gasteiger partial charge >= 0.3 is 0 Å². The minimum atomic E-state index is -0.618. The van der Waals surface area contributed by atoms with Crippen LogP contribution in [0.3, 0.4) is 0 Å². The van der Waals surface area contributed by atoms with Crippen LogP contribution in [0, 0.1) is 17.8 Å². The maximum atomic E-state index is 11.1. The van der Waals surface area contributed by atoms with Crippen LogP contribution in [0.15, 0.2) is 30.3 Å². The van der Waals surface area contributed by atoms with Crippen LogP contribution in [0.4, 0.5) is 0 Å². The highest BCUT2D eigenvalue weighted by molar-refractivity contribution is 5.24. The van der Waals surface area contributed by atoms with Crippen molar-refractivity contribution in [3.05, 3.63) is 35.9 Å². The van der Waals surface area contributed by atoms with Crippen molar-refractivity contribution < 1.29 is 5.11 Å². The lowest BCUT2D eigenvalue weighted by Crippen LogP contribution is -2.42. The molecule has 0 bridgehead atoms. The normalized spacial score (nSPS) is 33.9. The third-order valence-electron chi connectivity index (χ3n) is 4.32. The minimum absolute atomic E-state index is 0.390. The zero-order valence-corrected chi connectivity index (χ0v) is 11.2. The zero-order valence-electron chi connectivity index (χ0n) is 11.2. The van der Waals surface area contributed by atoms with Crippen LogP contribution in [0.1, 0.15) is 45.6 Å². The van der Waals surface area contributed by atoms with Crippen molar-refractivity contribution >= 4 is 0 Å². The maximum Gasteiger partial charge on any atom is 0.0929 e. The van der Waals surface area contributed by atoms with Gasteiger partial charge in [-0.2, -0.15) is 0 Å². The van der Waals surface area contributed by atoms with Crippen LogP contribution in [-0.2, 0) is 5.60 Å². The molecule has 94 valence electrons. The summed E-state index contributed by atoms with van der Waals surface area (Å²) in [5.41, 5.74) is 0.484. The van der Waals surface area contributed by atoms with Gasteiger partial charge < -0.3 is 5.11 Å². The van der Waals surface area contributed by atoms with Crippen LogP contribution in [-0.4, -0.2) is 5.11 Å². The van der Waals surface area contributed by atoms with Gasteiger partial charge in [0.05, 0.1) is 5.60 Å². The van der Waals surface area contributed by atoms with E-state index in [4.69, 9.17) is 0 Å². The number of hydrogen-bond donors (Lipinski definition) is 1. The molecular formula is C16H24O. The summed E-state index contributed by atoms with van der Waals surface area (Å²) in [6.07, 6.45) is 3.29. The molecule has 0 saturated heterocycles. The maximum absolute atomic E-state index is 11.1.